The van der Waals surface area contributed by atoms with E-state index in [-0.39, 0.29) is 30.3 Å². The fourth-order valence-electron chi connectivity index (χ4n) is 2.66. The molecule has 2 heterocycles. The molecule has 6 heteroatoms. The zero-order valence-electron chi connectivity index (χ0n) is 11.7. The van der Waals surface area contributed by atoms with E-state index in [1.54, 1.807) is 6.20 Å². The molecule has 1 aliphatic heterocycles. The predicted octanol–water partition coefficient (Wildman–Crippen LogP) is 2.44. The van der Waals surface area contributed by atoms with E-state index >= 15 is 0 Å². The number of carbonyl (C=O) groups is 1. The molecule has 4 nitrogen and oxygen atoms in total. The van der Waals surface area contributed by atoms with Gasteiger partial charge in [0.15, 0.2) is 0 Å². The van der Waals surface area contributed by atoms with Crippen LogP contribution in [0.2, 0.25) is 0 Å². The van der Waals surface area contributed by atoms with E-state index in [1.165, 1.54) is 16.9 Å². The molecule has 0 saturated carbocycles. The van der Waals surface area contributed by atoms with Gasteiger partial charge in [-0.1, -0.05) is 30.3 Å². The molecule has 2 atom stereocenters. The number of nitrogens with two attached hydrogens (primary N) is 1. The zero-order chi connectivity index (χ0) is 14.1. The summed E-state index contributed by atoms with van der Waals surface area (Å²) in [4.78, 5) is 19.1. The average molecular weight is 324 g/mol. The minimum Gasteiger partial charge on any atom is -0.336 e. The standard InChI is InChI=1S/C15H17N3OS.ClH/c1-10-17-7-14(20-10)15(19)18-8-12(13(16)9-18)11-5-3-2-4-6-11;/h2-7,12-13H,8-9,16H2,1H3;1H/t12-,13+;/m0./s1. The molecule has 21 heavy (non-hydrogen) atoms. The van der Waals surface area contributed by atoms with E-state index in [0.717, 1.165) is 5.01 Å². The summed E-state index contributed by atoms with van der Waals surface area (Å²) in [6.07, 6.45) is 1.66. The number of aryl methyl sites for hydroxylation is 1. The van der Waals surface area contributed by atoms with E-state index < -0.39 is 0 Å². The van der Waals surface area contributed by atoms with Crippen LogP contribution in [-0.4, -0.2) is 34.9 Å². The van der Waals surface area contributed by atoms with Gasteiger partial charge < -0.3 is 10.6 Å². The number of amides is 1. The number of benzene rings is 1. The summed E-state index contributed by atoms with van der Waals surface area (Å²) in [5.74, 6) is 0.263. The molecule has 0 spiro atoms. The monoisotopic (exact) mass is 323 g/mol. The molecule has 112 valence electrons. The van der Waals surface area contributed by atoms with Crippen LogP contribution in [0.1, 0.15) is 26.2 Å². The summed E-state index contributed by atoms with van der Waals surface area (Å²) < 4.78 is 0. The summed E-state index contributed by atoms with van der Waals surface area (Å²) in [6, 6.07) is 10.2. The van der Waals surface area contributed by atoms with Crippen molar-refractivity contribution in [2.75, 3.05) is 13.1 Å². The van der Waals surface area contributed by atoms with E-state index in [1.807, 2.05) is 30.0 Å². The van der Waals surface area contributed by atoms with E-state index in [4.69, 9.17) is 5.73 Å². The van der Waals surface area contributed by atoms with Gasteiger partial charge in [-0.3, -0.25) is 4.79 Å². The Morgan fingerprint density at radius 2 is 2.05 bits per heavy atom. The predicted molar refractivity (Wildman–Crippen MR) is 87.2 cm³/mol. The van der Waals surface area contributed by atoms with Crippen molar-refractivity contribution in [3.63, 3.8) is 0 Å². The lowest BCUT2D eigenvalue weighted by molar-refractivity contribution is 0.0793. The lowest BCUT2D eigenvalue weighted by Gasteiger charge is -2.15. The third-order valence-corrected chi connectivity index (χ3v) is 4.61. The molecule has 3 rings (SSSR count). The normalized spacial score (nSPS) is 21.1. The van der Waals surface area contributed by atoms with Gasteiger partial charge in [-0.2, -0.15) is 0 Å². The first kappa shape index (κ1) is 15.9. The van der Waals surface area contributed by atoms with Crippen molar-refractivity contribution in [1.82, 2.24) is 9.88 Å². The maximum Gasteiger partial charge on any atom is 0.265 e. The van der Waals surface area contributed by atoms with Crippen LogP contribution in [0.4, 0.5) is 0 Å². The fourth-order valence-corrected chi connectivity index (χ4v) is 3.41. The number of thiazole rings is 1. The van der Waals surface area contributed by atoms with Crippen LogP contribution >= 0.6 is 23.7 Å². The second kappa shape index (κ2) is 6.56. The topological polar surface area (TPSA) is 59.2 Å². The summed E-state index contributed by atoms with van der Waals surface area (Å²) in [7, 11) is 0. The van der Waals surface area contributed by atoms with Crippen LogP contribution in [0.15, 0.2) is 36.5 Å². The summed E-state index contributed by atoms with van der Waals surface area (Å²) in [6.45, 7) is 3.19. The average Bonchev–Trinajstić information content (AvgIpc) is 3.05. The molecule has 1 saturated heterocycles. The Labute approximate surface area is 134 Å². The van der Waals surface area contributed by atoms with E-state index in [9.17, 15) is 4.79 Å². The van der Waals surface area contributed by atoms with Gasteiger partial charge >= 0.3 is 0 Å². The minimum absolute atomic E-state index is 0. The van der Waals surface area contributed by atoms with E-state index in [0.29, 0.717) is 18.0 Å². The van der Waals surface area contributed by atoms with Crippen molar-refractivity contribution in [3.8, 4) is 0 Å². The Kier molecular flexibility index (Phi) is 4.98. The highest BCUT2D eigenvalue weighted by atomic mass is 35.5. The van der Waals surface area contributed by atoms with Crippen molar-refractivity contribution < 1.29 is 4.79 Å². The van der Waals surface area contributed by atoms with Crippen molar-refractivity contribution >= 4 is 29.7 Å². The van der Waals surface area contributed by atoms with Gasteiger partial charge in [0.2, 0.25) is 0 Å². The molecular formula is C15H18ClN3OS. The highest BCUT2D eigenvalue weighted by molar-refractivity contribution is 7.13. The first-order valence-electron chi connectivity index (χ1n) is 6.67. The second-order valence-electron chi connectivity index (χ2n) is 5.13. The summed E-state index contributed by atoms with van der Waals surface area (Å²) in [5, 5.41) is 0.913. The van der Waals surface area contributed by atoms with Gasteiger partial charge in [-0.05, 0) is 12.5 Å². The SMILES string of the molecule is Cc1ncc(C(=O)N2C[C@@H](N)[C@H](c3ccccc3)C2)s1.Cl. The molecule has 0 unspecified atom stereocenters. The van der Waals surface area contributed by atoms with Gasteiger partial charge in [0.1, 0.15) is 4.88 Å². The molecule has 2 aromatic rings. The Morgan fingerprint density at radius 1 is 1.33 bits per heavy atom. The van der Waals surface area contributed by atoms with Crippen LogP contribution in [0, 0.1) is 6.92 Å². The van der Waals surface area contributed by atoms with Crippen molar-refractivity contribution in [1.29, 1.82) is 0 Å². The molecule has 2 N–H and O–H groups in total. The molecular weight excluding hydrogens is 306 g/mol. The number of aromatic nitrogens is 1. The number of hydrogen-bond acceptors (Lipinski definition) is 4. The molecule has 0 aliphatic carbocycles. The molecule has 0 radical (unpaired) electrons. The Bertz CT molecular complexity index is 616. The summed E-state index contributed by atoms with van der Waals surface area (Å²) >= 11 is 1.44. The smallest absolute Gasteiger partial charge is 0.265 e. The first-order valence-corrected chi connectivity index (χ1v) is 7.49. The van der Waals surface area contributed by atoms with Gasteiger partial charge in [0, 0.05) is 25.0 Å². The largest absolute Gasteiger partial charge is 0.336 e. The quantitative estimate of drug-likeness (QED) is 0.923. The lowest BCUT2D eigenvalue weighted by Crippen LogP contribution is -2.31. The first-order chi connectivity index (χ1) is 9.65. The molecule has 1 amide bonds. The van der Waals surface area contributed by atoms with Crippen molar-refractivity contribution in [3.05, 3.63) is 52.0 Å². The van der Waals surface area contributed by atoms with Gasteiger partial charge in [-0.25, -0.2) is 4.98 Å². The number of hydrogen-bond donors (Lipinski definition) is 1. The number of nitrogens with zero attached hydrogens (tertiary/aromatic N) is 2. The van der Waals surface area contributed by atoms with Gasteiger partial charge in [0.05, 0.1) is 11.2 Å². The lowest BCUT2D eigenvalue weighted by atomic mass is 9.95. The number of rotatable bonds is 2. The molecule has 1 aromatic heterocycles. The van der Waals surface area contributed by atoms with Gasteiger partial charge in [0.25, 0.3) is 5.91 Å². The van der Waals surface area contributed by atoms with E-state index in [2.05, 4.69) is 17.1 Å². The van der Waals surface area contributed by atoms with Crippen molar-refractivity contribution in [2.24, 2.45) is 5.73 Å². The highest BCUT2D eigenvalue weighted by Crippen LogP contribution is 2.28. The third-order valence-electron chi connectivity index (χ3n) is 3.71. The summed E-state index contributed by atoms with van der Waals surface area (Å²) in [5.41, 5.74) is 7.42. The molecule has 0 bridgehead atoms. The van der Waals surface area contributed by atoms with Crippen LogP contribution in [0.3, 0.4) is 0 Å². The maximum absolute atomic E-state index is 12.4. The van der Waals surface area contributed by atoms with Crippen molar-refractivity contribution in [2.45, 2.75) is 18.9 Å². The Hall–Kier alpha value is -1.43. The van der Waals surface area contributed by atoms with Crippen LogP contribution in [0.5, 0.6) is 0 Å². The highest BCUT2D eigenvalue weighted by Gasteiger charge is 2.34. The van der Waals surface area contributed by atoms with Crippen LogP contribution in [0.25, 0.3) is 0 Å². The number of likely N-dealkylation sites (tertiary alicyclic amines) is 1. The number of halogens is 1. The fraction of sp³-hybridized carbons (Fsp3) is 0.333. The maximum atomic E-state index is 12.4. The molecule has 1 aliphatic rings. The van der Waals surface area contributed by atoms with Crippen LogP contribution < -0.4 is 5.73 Å². The Balaban J connectivity index is 0.00000161. The van der Waals surface area contributed by atoms with Crippen LogP contribution in [-0.2, 0) is 0 Å². The Morgan fingerprint density at radius 3 is 2.67 bits per heavy atom. The third kappa shape index (κ3) is 3.26. The van der Waals surface area contributed by atoms with Gasteiger partial charge in [-0.15, -0.1) is 23.7 Å². The zero-order valence-corrected chi connectivity index (χ0v) is 13.4. The number of carbonyl (C=O) groups excluding carboxylic acids is 1. The minimum atomic E-state index is -0.00429. The molecule has 1 fully saturated rings. The molecule has 1 aromatic carbocycles. The second-order valence-corrected chi connectivity index (χ2v) is 6.37.